The number of aryl methyl sites for hydroxylation is 1. The number of carbonyl (C=O) groups excluding carboxylic acids is 1. The first-order chi connectivity index (χ1) is 10.1. The number of rotatable bonds is 5. The van der Waals surface area contributed by atoms with Crippen molar-refractivity contribution in [3.63, 3.8) is 0 Å². The fraction of sp³-hybridized carbons (Fsp3) is 0.278. The summed E-state index contributed by atoms with van der Waals surface area (Å²) in [5.74, 6) is 0.484. The van der Waals surface area contributed by atoms with Crippen LogP contribution in [0.15, 0.2) is 42.5 Å². The number of ether oxygens (including phenoxy) is 1. The van der Waals surface area contributed by atoms with Gasteiger partial charge in [-0.3, -0.25) is 4.79 Å². The lowest BCUT2D eigenvalue weighted by Crippen LogP contribution is -2.14. The molecule has 2 aromatic rings. The van der Waals surface area contributed by atoms with Gasteiger partial charge in [-0.1, -0.05) is 31.2 Å². The Kier molecular flexibility index (Phi) is 4.99. The van der Waals surface area contributed by atoms with Crippen molar-refractivity contribution in [2.24, 2.45) is 0 Å². The van der Waals surface area contributed by atoms with Gasteiger partial charge in [0.25, 0.3) is 5.91 Å². The van der Waals surface area contributed by atoms with Gasteiger partial charge in [0.1, 0.15) is 5.75 Å². The molecule has 21 heavy (non-hydrogen) atoms. The van der Waals surface area contributed by atoms with Gasteiger partial charge in [0, 0.05) is 5.69 Å². The standard InChI is InChI=1S/C18H21NO2/c1-4-12-21-17-11-6-5-9-15(17)18(20)19-16-10-7-8-13(2)14(16)3/h5-11H,4,12H2,1-3H3,(H,19,20). The Hall–Kier alpha value is -2.29. The minimum atomic E-state index is -0.143. The van der Waals surface area contributed by atoms with Crippen LogP contribution in [-0.2, 0) is 0 Å². The maximum absolute atomic E-state index is 12.5. The van der Waals surface area contributed by atoms with E-state index in [1.807, 2.05) is 57.2 Å². The lowest BCUT2D eigenvalue weighted by Gasteiger charge is -2.13. The molecule has 0 heterocycles. The van der Waals surface area contributed by atoms with Crippen LogP contribution in [0.5, 0.6) is 5.75 Å². The number of benzene rings is 2. The van der Waals surface area contributed by atoms with Gasteiger partial charge in [0.05, 0.1) is 12.2 Å². The van der Waals surface area contributed by atoms with Crippen molar-refractivity contribution < 1.29 is 9.53 Å². The van der Waals surface area contributed by atoms with Gasteiger partial charge < -0.3 is 10.1 Å². The van der Waals surface area contributed by atoms with Crippen molar-refractivity contribution >= 4 is 11.6 Å². The predicted octanol–water partition coefficient (Wildman–Crippen LogP) is 4.34. The predicted molar refractivity (Wildman–Crippen MR) is 86.1 cm³/mol. The van der Waals surface area contributed by atoms with Gasteiger partial charge >= 0.3 is 0 Å². The summed E-state index contributed by atoms with van der Waals surface area (Å²) in [5.41, 5.74) is 3.64. The molecule has 0 bridgehead atoms. The second-order valence-electron chi connectivity index (χ2n) is 5.05. The third kappa shape index (κ3) is 3.63. The van der Waals surface area contributed by atoms with Crippen LogP contribution in [0, 0.1) is 13.8 Å². The summed E-state index contributed by atoms with van der Waals surface area (Å²) >= 11 is 0. The smallest absolute Gasteiger partial charge is 0.259 e. The Morgan fingerprint density at radius 2 is 1.86 bits per heavy atom. The van der Waals surface area contributed by atoms with Crippen LogP contribution in [-0.4, -0.2) is 12.5 Å². The molecule has 0 radical (unpaired) electrons. The Labute approximate surface area is 126 Å². The molecule has 3 heteroatoms. The van der Waals surface area contributed by atoms with E-state index < -0.39 is 0 Å². The zero-order valence-electron chi connectivity index (χ0n) is 12.8. The van der Waals surface area contributed by atoms with Crippen molar-refractivity contribution in [2.45, 2.75) is 27.2 Å². The molecule has 0 atom stereocenters. The summed E-state index contributed by atoms with van der Waals surface area (Å²) in [4.78, 5) is 12.5. The fourth-order valence-electron chi connectivity index (χ4n) is 2.07. The molecule has 2 aromatic carbocycles. The average Bonchev–Trinajstić information content (AvgIpc) is 2.50. The van der Waals surface area contributed by atoms with Crippen LogP contribution < -0.4 is 10.1 Å². The average molecular weight is 283 g/mol. The van der Waals surface area contributed by atoms with Crippen molar-refractivity contribution in [2.75, 3.05) is 11.9 Å². The number of hydrogen-bond acceptors (Lipinski definition) is 2. The monoisotopic (exact) mass is 283 g/mol. The molecule has 2 rings (SSSR count). The van der Waals surface area contributed by atoms with Gasteiger partial charge in [0.2, 0.25) is 0 Å². The Balaban J connectivity index is 2.22. The summed E-state index contributed by atoms with van der Waals surface area (Å²) in [5, 5.41) is 2.97. The van der Waals surface area contributed by atoms with Gasteiger partial charge in [-0.15, -0.1) is 0 Å². The zero-order valence-corrected chi connectivity index (χ0v) is 12.8. The molecule has 0 unspecified atom stereocenters. The number of carbonyl (C=O) groups is 1. The minimum Gasteiger partial charge on any atom is -0.493 e. The lowest BCUT2D eigenvalue weighted by molar-refractivity contribution is 0.102. The van der Waals surface area contributed by atoms with Gasteiger partial charge in [-0.05, 0) is 49.6 Å². The molecule has 0 saturated carbocycles. The third-order valence-electron chi connectivity index (χ3n) is 3.45. The first kappa shape index (κ1) is 15.1. The molecule has 0 aliphatic rings. The van der Waals surface area contributed by atoms with E-state index in [0.717, 1.165) is 23.2 Å². The number of anilines is 1. The number of para-hydroxylation sites is 1. The molecule has 0 aliphatic heterocycles. The molecule has 0 saturated heterocycles. The van der Waals surface area contributed by atoms with Crippen LogP contribution >= 0.6 is 0 Å². The Morgan fingerprint density at radius 3 is 2.62 bits per heavy atom. The molecule has 0 fully saturated rings. The first-order valence-corrected chi connectivity index (χ1v) is 7.23. The maximum Gasteiger partial charge on any atom is 0.259 e. The van der Waals surface area contributed by atoms with E-state index >= 15 is 0 Å². The second kappa shape index (κ2) is 6.93. The van der Waals surface area contributed by atoms with E-state index in [0.29, 0.717) is 17.9 Å². The topological polar surface area (TPSA) is 38.3 Å². The minimum absolute atomic E-state index is 0.143. The molecule has 0 spiro atoms. The molecule has 110 valence electrons. The SMILES string of the molecule is CCCOc1ccccc1C(=O)Nc1cccc(C)c1C. The van der Waals surface area contributed by atoms with Crippen molar-refractivity contribution in [3.05, 3.63) is 59.2 Å². The molecular formula is C18H21NO2. The highest BCUT2D eigenvalue weighted by Gasteiger charge is 2.13. The normalized spacial score (nSPS) is 10.2. The number of nitrogens with one attached hydrogen (secondary N) is 1. The number of hydrogen-bond donors (Lipinski definition) is 1. The molecule has 1 amide bonds. The first-order valence-electron chi connectivity index (χ1n) is 7.23. The van der Waals surface area contributed by atoms with Crippen LogP contribution in [0.4, 0.5) is 5.69 Å². The Morgan fingerprint density at radius 1 is 1.10 bits per heavy atom. The zero-order chi connectivity index (χ0) is 15.2. The molecular weight excluding hydrogens is 262 g/mol. The summed E-state index contributed by atoms with van der Waals surface area (Å²) in [6.45, 7) is 6.68. The molecule has 1 N–H and O–H groups in total. The third-order valence-corrected chi connectivity index (χ3v) is 3.45. The summed E-state index contributed by atoms with van der Waals surface area (Å²) in [6.07, 6.45) is 0.910. The fourth-order valence-corrected chi connectivity index (χ4v) is 2.07. The summed E-state index contributed by atoms with van der Waals surface area (Å²) in [7, 11) is 0. The van der Waals surface area contributed by atoms with Crippen molar-refractivity contribution in [1.29, 1.82) is 0 Å². The van der Waals surface area contributed by atoms with E-state index in [-0.39, 0.29) is 5.91 Å². The highest BCUT2D eigenvalue weighted by atomic mass is 16.5. The van der Waals surface area contributed by atoms with E-state index in [1.165, 1.54) is 0 Å². The summed E-state index contributed by atoms with van der Waals surface area (Å²) < 4.78 is 5.64. The number of amides is 1. The van der Waals surface area contributed by atoms with Gasteiger partial charge in [-0.25, -0.2) is 0 Å². The van der Waals surface area contributed by atoms with E-state index in [9.17, 15) is 4.79 Å². The van der Waals surface area contributed by atoms with Crippen molar-refractivity contribution in [3.8, 4) is 5.75 Å². The van der Waals surface area contributed by atoms with Crippen molar-refractivity contribution in [1.82, 2.24) is 0 Å². The largest absolute Gasteiger partial charge is 0.493 e. The molecule has 3 nitrogen and oxygen atoms in total. The van der Waals surface area contributed by atoms with E-state index in [4.69, 9.17) is 4.74 Å². The highest BCUT2D eigenvalue weighted by molar-refractivity contribution is 6.06. The van der Waals surface area contributed by atoms with Crippen LogP contribution in [0.25, 0.3) is 0 Å². The van der Waals surface area contributed by atoms with Crippen LogP contribution in [0.2, 0.25) is 0 Å². The lowest BCUT2D eigenvalue weighted by atomic mass is 10.1. The van der Waals surface area contributed by atoms with Gasteiger partial charge in [0.15, 0.2) is 0 Å². The van der Waals surface area contributed by atoms with E-state index in [1.54, 1.807) is 6.07 Å². The van der Waals surface area contributed by atoms with E-state index in [2.05, 4.69) is 5.32 Å². The van der Waals surface area contributed by atoms with Crippen LogP contribution in [0.3, 0.4) is 0 Å². The summed E-state index contributed by atoms with van der Waals surface area (Å²) in [6, 6.07) is 13.2. The second-order valence-corrected chi connectivity index (χ2v) is 5.05. The quantitative estimate of drug-likeness (QED) is 0.886. The van der Waals surface area contributed by atoms with Gasteiger partial charge in [-0.2, -0.15) is 0 Å². The maximum atomic E-state index is 12.5. The molecule has 0 aromatic heterocycles. The molecule has 0 aliphatic carbocycles. The Bertz CT molecular complexity index is 635. The van der Waals surface area contributed by atoms with Crippen LogP contribution in [0.1, 0.15) is 34.8 Å². The highest BCUT2D eigenvalue weighted by Crippen LogP contribution is 2.22.